The van der Waals surface area contributed by atoms with Crippen LogP contribution in [0, 0.1) is 3.57 Å². The molecule has 1 aromatic rings. The maximum absolute atomic E-state index is 11.2. The molecule has 0 spiro atoms. The molecule has 0 aromatic heterocycles. The number of primary amides is 1. The first-order chi connectivity index (χ1) is 9.05. The van der Waals surface area contributed by atoms with Gasteiger partial charge in [-0.25, -0.2) is 4.79 Å². The summed E-state index contributed by atoms with van der Waals surface area (Å²) in [5.74, 6) is -1.20. The van der Waals surface area contributed by atoms with Crippen LogP contribution in [0.2, 0.25) is 0 Å². The Morgan fingerprint density at radius 1 is 1.42 bits per heavy atom. The average Bonchev–Trinajstić information content (AvgIpc) is 2.36. The number of carbonyl (C=O) groups is 1. The Hall–Kier alpha value is -0.860. The lowest BCUT2D eigenvalue weighted by atomic mass is 10.0. The minimum absolute atomic E-state index is 0.0122. The highest BCUT2D eigenvalue weighted by Crippen LogP contribution is 2.35. The summed E-state index contributed by atoms with van der Waals surface area (Å²) in [7, 11) is 1.51. The Kier molecular flexibility index (Phi) is 6.53. The van der Waals surface area contributed by atoms with Gasteiger partial charge in [0.05, 0.1) is 0 Å². The molecule has 5 nitrogen and oxygen atoms in total. The first-order valence-electron chi connectivity index (χ1n) is 5.92. The fourth-order valence-corrected chi connectivity index (χ4v) is 2.63. The van der Waals surface area contributed by atoms with Crippen molar-refractivity contribution in [2.75, 3.05) is 13.9 Å². The summed E-state index contributed by atoms with van der Waals surface area (Å²) in [6, 6.07) is 7.54. The van der Waals surface area contributed by atoms with Crippen LogP contribution < -0.4 is 5.73 Å². The highest BCUT2D eigenvalue weighted by molar-refractivity contribution is 14.1. The Morgan fingerprint density at radius 2 is 2.11 bits per heavy atom. The molecule has 0 bridgehead atoms. The molecule has 0 saturated heterocycles. The zero-order chi connectivity index (χ0) is 14.3. The maximum Gasteiger partial charge on any atom is 0.407 e. The molecule has 0 radical (unpaired) electrons. The molecule has 1 aromatic carbocycles. The molecule has 1 atom stereocenters. The molecule has 19 heavy (non-hydrogen) atoms. The minimum Gasteiger partial charge on any atom is -0.412 e. The van der Waals surface area contributed by atoms with Gasteiger partial charge in [0.15, 0.2) is 6.79 Å². The SMILES string of the molecule is CCCC(OCOC)(OC(N)=O)c1ccccc1I. The Balaban J connectivity index is 3.20. The molecule has 0 aliphatic rings. The van der Waals surface area contributed by atoms with Crippen molar-refractivity contribution < 1.29 is 19.0 Å². The number of amides is 1. The fourth-order valence-electron chi connectivity index (χ4n) is 1.84. The molecule has 0 saturated carbocycles. The predicted molar refractivity (Wildman–Crippen MR) is 79.4 cm³/mol. The maximum atomic E-state index is 11.2. The lowest BCUT2D eigenvalue weighted by Crippen LogP contribution is -2.38. The van der Waals surface area contributed by atoms with Gasteiger partial charge in [-0.15, -0.1) is 0 Å². The van der Waals surface area contributed by atoms with E-state index in [9.17, 15) is 4.79 Å². The van der Waals surface area contributed by atoms with Crippen molar-refractivity contribution >= 4 is 28.7 Å². The molecule has 1 amide bonds. The van der Waals surface area contributed by atoms with Crippen LogP contribution in [0.4, 0.5) is 4.79 Å². The summed E-state index contributed by atoms with van der Waals surface area (Å²) in [6.07, 6.45) is 0.394. The van der Waals surface area contributed by atoms with Crippen molar-refractivity contribution in [3.63, 3.8) is 0 Å². The normalized spacial score (nSPS) is 13.8. The van der Waals surface area contributed by atoms with Gasteiger partial charge in [0.2, 0.25) is 5.79 Å². The molecule has 1 rings (SSSR count). The summed E-state index contributed by atoms with van der Waals surface area (Å²) >= 11 is 2.17. The van der Waals surface area contributed by atoms with Gasteiger partial charge in [-0.3, -0.25) is 0 Å². The monoisotopic (exact) mass is 379 g/mol. The van der Waals surface area contributed by atoms with Crippen molar-refractivity contribution in [1.82, 2.24) is 0 Å². The molecule has 6 heteroatoms. The number of methoxy groups -OCH3 is 1. The molecule has 1 unspecified atom stereocenters. The smallest absolute Gasteiger partial charge is 0.407 e. The highest BCUT2D eigenvalue weighted by atomic mass is 127. The van der Waals surface area contributed by atoms with Gasteiger partial charge in [-0.1, -0.05) is 25.1 Å². The third-order valence-electron chi connectivity index (χ3n) is 2.54. The standard InChI is InChI=1S/C13H18INO4/c1-3-8-13(18-9-17-2,19-12(15)16)10-6-4-5-7-11(10)14/h4-7H,3,8-9H2,1-2H3,(H2,15,16). The third-order valence-corrected chi connectivity index (χ3v) is 3.48. The third kappa shape index (κ3) is 4.32. The predicted octanol–water partition coefficient (Wildman–Crippen LogP) is 2.96. The number of nitrogens with two attached hydrogens (primary N) is 1. The van der Waals surface area contributed by atoms with E-state index in [1.165, 1.54) is 7.11 Å². The number of rotatable bonds is 7. The highest BCUT2D eigenvalue weighted by Gasteiger charge is 2.38. The van der Waals surface area contributed by atoms with E-state index in [0.717, 1.165) is 15.6 Å². The molecular formula is C13H18INO4. The van der Waals surface area contributed by atoms with Crippen LogP contribution in [-0.2, 0) is 20.0 Å². The first kappa shape index (κ1) is 16.2. The topological polar surface area (TPSA) is 70.8 Å². The van der Waals surface area contributed by atoms with Crippen LogP contribution in [0.5, 0.6) is 0 Å². The van der Waals surface area contributed by atoms with Crippen molar-refractivity contribution in [1.29, 1.82) is 0 Å². The number of hydrogen-bond acceptors (Lipinski definition) is 4. The lowest BCUT2D eigenvalue weighted by molar-refractivity contribution is -0.252. The van der Waals surface area contributed by atoms with Crippen LogP contribution in [0.1, 0.15) is 25.3 Å². The number of halogens is 1. The van der Waals surface area contributed by atoms with Crippen LogP contribution >= 0.6 is 22.6 Å². The molecule has 0 fully saturated rings. The van der Waals surface area contributed by atoms with Gasteiger partial charge in [0, 0.05) is 22.7 Å². The van der Waals surface area contributed by atoms with E-state index in [1.54, 1.807) is 0 Å². The molecule has 0 aliphatic heterocycles. The zero-order valence-electron chi connectivity index (χ0n) is 11.0. The lowest BCUT2D eigenvalue weighted by Gasteiger charge is -2.33. The van der Waals surface area contributed by atoms with E-state index < -0.39 is 11.9 Å². The van der Waals surface area contributed by atoms with E-state index in [-0.39, 0.29) is 6.79 Å². The number of carbonyl (C=O) groups excluding carboxylic acids is 1. The Bertz CT molecular complexity index is 427. The number of ether oxygens (including phenoxy) is 3. The molecular weight excluding hydrogens is 361 g/mol. The quantitative estimate of drug-likeness (QED) is 0.584. The average molecular weight is 379 g/mol. The Morgan fingerprint density at radius 3 is 2.63 bits per heavy atom. The van der Waals surface area contributed by atoms with Crippen molar-refractivity contribution in [3.8, 4) is 0 Å². The minimum atomic E-state index is -1.20. The summed E-state index contributed by atoms with van der Waals surface area (Å²) in [5, 5.41) is 0. The second kappa shape index (κ2) is 7.66. The molecule has 0 aliphatic carbocycles. The summed E-state index contributed by atoms with van der Waals surface area (Å²) in [5.41, 5.74) is 5.96. The van der Waals surface area contributed by atoms with Crippen molar-refractivity contribution in [2.24, 2.45) is 5.73 Å². The van der Waals surface area contributed by atoms with Gasteiger partial charge in [0.25, 0.3) is 0 Å². The fraction of sp³-hybridized carbons (Fsp3) is 0.462. The van der Waals surface area contributed by atoms with E-state index in [0.29, 0.717) is 6.42 Å². The van der Waals surface area contributed by atoms with Crippen LogP contribution in [0.15, 0.2) is 24.3 Å². The molecule has 0 heterocycles. The number of hydrogen-bond donors (Lipinski definition) is 1. The van der Waals surface area contributed by atoms with Gasteiger partial charge in [-0.2, -0.15) is 0 Å². The second-order valence-corrected chi connectivity index (χ2v) is 5.12. The van der Waals surface area contributed by atoms with Crippen LogP contribution in [0.3, 0.4) is 0 Å². The van der Waals surface area contributed by atoms with Gasteiger partial charge in [-0.05, 0) is 35.1 Å². The van der Waals surface area contributed by atoms with Crippen LogP contribution in [-0.4, -0.2) is 20.0 Å². The molecule has 2 N–H and O–H groups in total. The summed E-state index contributed by atoms with van der Waals surface area (Å²) < 4.78 is 16.8. The number of benzene rings is 1. The van der Waals surface area contributed by atoms with E-state index in [1.807, 2.05) is 31.2 Å². The van der Waals surface area contributed by atoms with Gasteiger partial charge >= 0.3 is 6.09 Å². The van der Waals surface area contributed by atoms with Crippen molar-refractivity contribution in [2.45, 2.75) is 25.6 Å². The van der Waals surface area contributed by atoms with Gasteiger partial charge in [0.1, 0.15) is 0 Å². The van der Waals surface area contributed by atoms with Crippen LogP contribution in [0.25, 0.3) is 0 Å². The first-order valence-corrected chi connectivity index (χ1v) is 7.00. The van der Waals surface area contributed by atoms with E-state index in [4.69, 9.17) is 19.9 Å². The zero-order valence-corrected chi connectivity index (χ0v) is 13.2. The summed E-state index contributed by atoms with van der Waals surface area (Å²) in [6.45, 7) is 1.99. The van der Waals surface area contributed by atoms with E-state index >= 15 is 0 Å². The van der Waals surface area contributed by atoms with Gasteiger partial charge < -0.3 is 19.9 Å². The summed E-state index contributed by atoms with van der Waals surface area (Å²) in [4.78, 5) is 11.2. The second-order valence-electron chi connectivity index (χ2n) is 3.95. The Labute approximate surface area is 126 Å². The molecule has 106 valence electrons. The largest absolute Gasteiger partial charge is 0.412 e. The van der Waals surface area contributed by atoms with E-state index in [2.05, 4.69) is 22.6 Å². The van der Waals surface area contributed by atoms with Crippen molar-refractivity contribution in [3.05, 3.63) is 33.4 Å².